The Hall–Kier alpha value is -6.02. The van der Waals surface area contributed by atoms with Crippen LogP contribution < -0.4 is 10.6 Å². The van der Waals surface area contributed by atoms with Crippen LogP contribution in [0.5, 0.6) is 0 Å². The van der Waals surface area contributed by atoms with Crippen molar-refractivity contribution in [2.24, 2.45) is 0 Å². The van der Waals surface area contributed by atoms with Gasteiger partial charge in [-0.2, -0.15) is 0 Å². The molecular weight excluding hydrogens is 784 g/mol. The summed E-state index contributed by atoms with van der Waals surface area (Å²) in [6.07, 6.45) is 0. The maximum Gasteiger partial charge on any atom is 0.255 e. The van der Waals surface area contributed by atoms with Gasteiger partial charge < -0.3 is 10.6 Å². The molecule has 5 nitrogen and oxygen atoms in total. The number of para-hydroxylation sites is 2. The van der Waals surface area contributed by atoms with E-state index in [1.54, 1.807) is 12.1 Å². The number of carbonyl (C=O) groups is 1. The number of hydrogen-bond donors (Lipinski definition) is 2. The molecule has 0 saturated heterocycles. The predicted octanol–water partition coefficient (Wildman–Crippen LogP) is 13.2. The van der Waals surface area contributed by atoms with Crippen molar-refractivity contribution in [1.29, 1.82) is 0 Å². The Morgan fingerprint density at radius 2 is 1.06 bits per heavy atom. The topological polar surface area (TPSA) is 59.0 Å². The van der Waals surface area contributed by atoms with Crippen LogP contribution in [0.3, 0.4) is 0 Å². The van der Waals surface area contributed by atoms with Crippen LogP contribution in [0.4, 0.5) is 17.1 Å². The number of aromatic nitrogens is 2. The van der Waals surface area contributed by atoms with E-state index in [2.05, 4.69) is 132 Å². The first-order valence-electron chi connectivity index (χ1n) is 17.2. The highest BCUT2D eigenvalue weighted by molar-refractivity contribution is 9.11. The molecule has 0 bridgehead atoms. The zero-order valence-electron chi connectivity index (χ0n) is 28.4. The second-order valence-electron chi connectivity index (χ2n) is 12.4. The van der Waals surface area contributed by atoms with Crippen molar-refractivity contribution in [2.75, 3.05) is 10.6 Å². The SMILES string of the molecule is Brc1cc2nc(-c3ccccc3)n(-c3ccccc3)c2c2ccccc12.O=C(Nc1cc(Br)c2ccccc2c1Nc1ccccc1)c1ccccc1. The molecule has 8 aromatic carbocycles. The average molecular weight is 817 g/mol. The molecular formula is C46H32Br2N4O. The summed E-state index contributed by atoms with van der Waals surface area (Å²) in [5, 5.41) is 11.0. The van der Waals surface area contributed by atoms with Gasteiger partial charge in [0.1, 0.15) is 5.82 Å². The zero-order valence-corrected chi connectivity index (χ0v) is 31.6. The number of amides is 1. The molecule has 0 radical (unpaired) electrons. The van der Waals surface area contributed by atoms with E-state index >= 15 is 0 Å². The van der Waals surface area contributed by atoms with Crippen molar-refractivity contribution in [3.05, 3.63) is 196 Å². The van der Waals surface area contributed by atoms with E-state index in [0.717, 1.165) is 64.9 Å². The molecule has 7 heteroatoms. The summed E-state index contributed by atoms with van der Waals surface area (Å²) in [5.74, 6) is 0.809. The number of anilines is 3. The van der Waals surface area contributed by atoms with Gasteiger partial charge in [0.25, 0.3) is 5.91 Å². The number of carbonyl (C=O) groups excluding carboxylic acids is 1. The monoisotopic (exact) mass is 814 g/mol. The standard InChI is InChI=1S/C23H17BrN2O.C23H15BrN2/c24-20-15-21(26-23(27)16-9-3-1-4-10-16)22(19-14-8-7-13-18(19)20)25-17-11-5-2-6-12-17;24-20-15-21-22(19-14-8-7-13-18(19)20)26(17-11-5-2-6-12-17)23(25-21)16-9-3-1-4-10-16/h1-15,25H,(H,26,27);1-15H. The molecule has 0 unspecified atom stereocenters. The van der Waals surface area contributed by atoms with Crippen molar-refractivity contribution in [3.63, 3.8) is 0 Å². The summed E-state index contributed by atoms with van der Waals surface area (Å²) in [6.45, 7) is 0. The summed E-state index contributed by atoms with van der Waals surface area (Å²) in [4.78, 5) is 17.7. The molecule has 256 valence electrons. The Kier molecular flexibility index (Phi) is 9.84. The lowest BCUT2D eigenvalue weighted by Gasteiger charge is -2.17. The summed E-state index contributed by atoms with van der Waals surface area (Å²) in [7, 11) is 0. The predicted molar refractivity (Wildman–Crippen MR) is 227 cm³/mol. The fourth-order valence-corrected chi connectivity index (χ4v) is 7.65. The highest BCUT2D eigenvalue weighted by Crippen LogP contribution is 2.39. The minimum absolute atomic E-state index is 0.145. The molecule has 0 fully saturated rings. The molecule has 2 N–H and O–H groups in total. The van der Waals surface area contributed by atoms with Crippen LogP contribution in [0.1, 0.15) is 10.4 Å². The number of fused-ring (bicyclic) bond motifs is 4. The van der Waals surface area contributed by atoms with Crippen LogP contribution in [0.2, 0.25) is 0 Å². The zero-order chi connectivity index (χ0) is 36.1. The van der Waals surface area contributed by atoms with Gasteiger partial charge in [-0.15, -0.1) is 0 Å². The Balaban J connectivity index is 0.000000151. The van der Waals surface area contributed by atoms with E-state index in [0.29, 0.717) is 5.56 Å². The average Bonchev–Trinajstić information content (AvgIpc) is 3.61. The first-order chi connectivity index (χ1) is 26.0. The lowest BCUT2D eigenvalue weighted by Crippen LogP contribution is -2.13. The van der Waals surface area contributed by atoms with E-state index in [9.17, 15) is 4.79 Å². The summed E-state index contributed by atoms with van der Waals surface area (Å²) in [6, 6.07) is 60.5. The molecule has 9 rings (SSSR count). The summed E-state index contributed by atoms with van der Waals surface area (Å²) in [5.41, 5.74) is 7.50. The summed E-state index contributed by atoms with van der Waals surface area (Å²) < 4.78 is 4.26. The molecule has 1 amide bonds. The van der Waals surface area contributed by atoms with Crippen molar-refractivity contribution >= 4 is 87.4 Å². The number of halogens is 2. The van der Waals surface area contributed by atoms with Crippen LogP contribution >= 0.6 is 31.9 Å². The fraction of sp³-hybridized carbons (Fsp3) is 0. The molecule has 53 heavy (non-hydrogen) atoms. The third kappa shape index (κ3) is 7.09. The number of rotatable bonds is 6. The third-order valence-electron chi connectivity index (χ3n) is 8.98. The number of imidazole rings is 1. The maximum absolute atomic E-state index is 12.7. The van der Waals surface area contributed by atoms with Crippen LogP contribution in [0.25, 0.3) is 49.7 Å². The quantitative estimate of drug-likeness (QED) is 0.176. The van der Waals surface area contributed by atoms with Gasteiger partial charge in [-0.3, -0.25) is 9.36 Å². The molecule has 0 spiro atoms. The molecule has 0 atom stereocenters. The Morgan fingerprint density at radius 1 is 0.547 bits per heavy atom. The molecule has 0 aliphatic carbocycles. The van der Waals surface area contributed by atoms with Crippen molar-refractivity contribution in [2.45, 2.75) is 0 Å². The van der Waals surface area contributed by atoms with Crippen LogP contribution in [-0.2, 0) is 0 Å². The highest BCUT2D eigenvalue weighted by Gasteiger charge is 2.18. The summed E-state index contributed by atoms with van der Waals surface area (Å²) >= 11 is 7.35. The van der Waals surface area contributed by atoms with Crippen LogP contribution in [0, 0.1) is 0 Å². The number of benzene rings is 8. The molecule has 0 aliphatic heterocycles. The van der Waals surface area contributed by atoms with Crippen LogP contribution in [-0.4, -0.2) is 15.5 Å². The van der Waals surface area contributed by atoms with Crippen molar-refractivity contribution in [3.8, 4) is 17.1 Å². The second-order valence-corrected chi connectivity index (χ2v) is 14.1. The number of nitrogens with one attached hydrogen (secondary N) is 2. The number of hydrogen-bond acceptors (Lipinski definition) is 3. The minimum Gasteiger partial charge on any atom is -0.353 e. The third-order valence-corrected chi connectivity index (χ3v) is 10.3. The van der Waals surface area contributed by atoms with Crippen LogP contribution in [0.15, 0.2) is 191 Å². The lowest BCUT2D eigenvalue weighted by molar-refractivity contribution is 0.102. The van der Waals surface area contributed by atoms with Gasteiger partial charge in [0, 0.05) is 42.2 Å². The van der Waals surface area contributed by atoms with Gasteiger partial charge in [0.2, 0.25) is 0 Å². The fourth-order valence-electron chi connectivity index (χ4n) is 6.52. The van der Waals surface area contributed by atoms with Gasteiger partial charge in [0.05, 0.1) is 22.4 Å². The van der Waals surface area contributed by atoms with E-state index in [-0.39, 0.29) is 5.91 Å². The first-order valence-corrected chi connectivity index (χ1v) is 18.7. The number of nitrogens with zero attached hydrogens (tertiary/aromatic N) is 2. The highest BCUT2D eigenvalue weighted by atomic mass is 79.9. The Bertz CT molecular complexity index is 2700. The molecule has 0 saturated carbocycles. The van der Waals surface area contributed by atoms with Gasteiger partial charge in [-0.05, 0) is 59.3 Å². The van der Waals surface area contributed by atoms with E-state index in [1.165, 1.54) is 10.8 Å². The van der Waals surface area contributed by atoms with E-state index in [1.807, 2.05) is 84.9 Å². The molecule has 0 aliphatic rings. The minimum atomic E-state index is -0.145. The van der Waals surface area contributed by atoms with E-state index in [4.69, 9.17) is 4.98 Å². The smallest absolute Gasteiger partial charge is 0.255 e. The maximum atomic E-state index is 12.7. The largest absolute Gasteiger partial charge is 0.353 e. The Labute approximate surface area is 324 Å². The van der Waals surface area contributed by atoms with Gasteiger partial charge in [-0.25, -0.2) is 4.98 Å². The first kappa shape index (κ1) is 34.1. The van der Waals surface area contributed by atoms with E-state index < -0.39 is 0 Å². The second kappa shape index (κ2) is 15.3. The normalized spacial score (nSPS) is 10.9. The van der Waals surface area contributed by atoms with Crippen molar-refractivity contribution in [1.82, 2.24) is 9.55 Å². The van der Waals surface area contributed by atoms with Gasteiger partial charge in [0.15, 0.2) is 0 Å². The molecule has 1 aromatic heterocycles. The van der Waals surface area contributed by atoms with Gasteiger partial charge in [-0.1, -0.05) is 165 Å². The van der Waals surface area contributed by atoms with Crippen molar-refractivity contribution < 1.29 is 4.79 Å². The van der Waals surface area contributed by atoms with Gasteiger partial charge >= 0.3 is 0 Å². The molecule has 9 aromatic rings. The Morgan fingerprint density at radius 3 is 1.72 bits per heavy atom. The lowest BCUT2D eigenvalue weighted by atomic mass is 10.1. The molecule has 1 heterocycles.